The van der Waals surface area contributed by atoms with Gasteiger partial charge >= 0.3 is 0 Å². The molecule has 1 aromatic rings. The number of nitrogens with two attached hydrogens (primary N) is 1. The van der Waals surface area contributed by atoms with Gasteiger partial charge in [0.1, 0.15) is 0 Å². The number of nitrogen functional groups attached to an aromatic ring is 1. The van der Waals surface area contributed by atoms with Crippen molar-refractivity contribution in [2.45, 2.75) is 56.7 Å². The van der Waals surface area contributed by atoms with Crippen molar-refractivity contribution in [3.63, 3.8) is 0 Å². The van der Waals surface area contributed by atoms with Gasteiger partial charge in [-0.1, -0.05) is 44.2 Å². The van der Waals surface area contributed by atoms with Crippen LogP contribution in [0.25, 0.3) is 0 Å². The molecular weight excluding hydrogens is 272 g/mol. The SMILES string of the molecule is Nc1cccc(CS(=O)(=O)NC2CCCCCCC2)c1. The highest BCUT2D eigenvalue weighted by Crippen LogP contribution is 2.18. The van der Waals surface area contributed by atoms with Gasteiger partial charge in [0.05, 0.1) is 5.75 Å². The Morgan fingerprint density at radius 3 is 2.40 bits per heavy atom. The molecule has 0 unspecified atom stereocenters. The Hall–Kier alpha value is -1.07. The van der Waals surface area contributed by atoms with E-state index in [4.69, 9.17) is 5.73 Å². The summed E-state index contributed by atoms with van der Waals surface area (Å²) in [4.78, 5) is 0. The molecule has 0 aliphatic heterocycles. The maximum absolute atomic E-state index is 12.2. The molecule has 0 aromatic heterocycles. The van der Waals surface area contributed by atoms with Crippen LogP contribution in [0.1, 0.15) is 50.5 Å². The molecule has 1 aliphatic rings. The molecule has 2 rings (SSSR count). The van der Waals surface area contributed by atoms with Crippen LogP contribution in [0.5, 0.6) is 0 Å². The number of hydrogen-bond acceptors (Lipinski definition) is 3. The van der Waals surface area contributed by atoms with E-state index in [-0.39, 0.29) is 11.8 Å². The largest absolute Gasteiger partial charge is 0.399 e. The lowest BCUT2D eigenvalue weighted by atomic mass is 9.97. The Labute approximate surface area is 121 Å². The van der Waals surface area contributed by atoms with E-state index < -0.39 is 10.0 Å². The maximum atomic E-state index is 12.2. The average molecular weight is 296 g/mol. The molecule has 1 aliphatic carbocycles. The van der Waals surface area contributed by atoms with E-state index >= 15 is 0 Å². The Balaban J connectivity index is 1.95. The summed E-state index contributed by atoms with van der Waals surface area (Å²) in [5.41, 5.74) is 7.02. The summed E-state index contributed by atoms with van der Waals surface area (Å²) >= 11 is 0. The Morgan fingerprint density at radius 1 is 1.10 bits per heavy atom. The van der Waals surface area contributed by atoms with Gasteiger partial charge in [-0.25, -0.2) is 13.1 Å². The lowest BCUT2D eigenvalue weighted by Crippen LogP contribution is -2.36. The van der Waals surface area contributed by atoms with Gasteiger partial charge in [0.25, 0.3) is 0 Å². The van der Waals surface area contributed by atoms with Crippen LogP contribution in [0.4, 0.5) is 5.69 Å². The third-order valence-corrected chi connectivity index (χ3v) is 5.16. The minimum absolute atomic E-state index is 0.00847. The normalized spacial score (nSPS) is 18.4. The van der Waals surface area contributed by atoms with Crippen molar-refractivity contribution < 1.29 is 8.42 Å². The summed E-state index contributed by atoms with van der Waals surface area (Å²) in [5.74, 6) is 0.00847. The fourth-order valence-electron chi connectivity index (χ4n) is 2.77. The number of nitrogens with one attached hydrogen (secondary N) is 1. The van der Waals surface area contributed by atoms with Crippen LogP contribution in [-0.2, 0) is 15.8 Å². The van der Waals surface area contributed by atoms with E-state index in [1.54, 1.807) is 24.3 Å². The number of benzene rings is 1. The summed E-state index contributed by atoms with van der Waals surface area (Å²) in [5, 5.41) is 0. The van der Waals surface area contributed by atoms with Crippen LogP contribution in [0, 0.1) is 0 Å². The van der Waals surface area contributed by atoms with Gasteiger partial charge in [0.15, 0.2) is 0 Å². The standard InChI is InChI=1S/C15H24N2O2S/c16-14-8-6-7-13(11-14)12-20(18,19)17-15-9-4-2-1-3-5-10-15/h6-8,11,15,17H,1-5,9-10,12,16H2. The molecule has 0 bridgehead atoms. The first-order valence-corrected chi connectivity index (χ1v) is 9.05. The summed E-state index contributed by atoms with van der Waals surface area (Å²) in [7, 11) is -3.28. The minimum atomic E-state index is -3.28. The van der Waals surface area contributed by atoms with Gasteiger partial charge in [-0.3, -0.25) is 0 Å². The molecular formula is C15H24N2O2S. The summed E-state index contributed by atoms with van der Waals surface area (Å²) in [6, 6.07) is 7.17. The molecule has 1 fully saturated rings. The summed E-state index contributed by atoms with van der Waals surface area (Å²) < 4.78 is 27.3. The van der Waals surface area contributed by atoms with Gasteiger partial charge in [0.2, 0.25) is 10.0 Å². The second-order valence-electron chi connectivity index (χ2n) is 5.66. The third kappa shape index (κ3) is 5.13. The van der Waals surface area contributed by atoms with Gasteiger partial charge in [-0.2, -0.15) is 0 Å². The van der Waals surface area contributed by atoms with Crippen LogP contribution in [0.2, 0.25) is 0 Å². The number of rotatable bonds is 4. The van der Waals surface area contributed by atoms with Crippen molar-refractivity contribution in [1.82, 2.24) is 4.72 Å². The van der Waals surface area contributed by atoms with E-state index in [0.717, 1.165) is 31.2 Å². The van der Waals surface area contributed by atoms with Crippen molar-refractivity contribution in [2.75, 3.05) is 5.73 Å². The second kappa shape index (κ2) is 7.09. The molecule has 20 heavy (non-hydrogen) atoms. The van der Waals surface area contributed by atoms with E-state index in [1.807, 2.05) is 0 Å². The van der Waals surface area contributed by atoms with E-state index in [0.29, 0.717) is 5.69 Å². The monoisotopic (exact) mass is 296 g/mol. The fourth-order valence-corrected chi connectivity index (χ4v) is 4.22. The number of hydrogen-bond donors (Lipinski definition) is 2. The highest BCUT2D eigenvalue weighted by Gasteiger charge is 2.19. The van der Waals surface area contributed by atoms with Crippen LogP contribution < -0.4 is 10.5 Å². The molecule has 0 radical (unpaired) electrons. The molecule has 0 spiro atoms. The Morgan fingerprint density at radius 2 is 1.75 bits per heavy atom. The topological polar surface area (TPSA) is 72.2 Å². The van der Waals surface area contributed by atoms with Crippen LogP contribution in [0.15, 0.2) is 24.3 Å². The molecule has 1 aromatic carbocycles. The smallest absolute Gasteiger partial charge is 0.216 e. The Bertz CT molecular complexity index is 520. The molecule has 0 saturated heterocycles. The third-order valence-electron chi connectivity index (χ3n) is 3.76. The maximum Gasteiger partial charge on any atom is 0.216 e. The average Bonchev–Trinajstić information content (AvgIpc) is 2.31. The van der Waals surface area contributed by atoms with Crippen molar-refractivity contribution in [3.05, 3.63) is 29.8 Å². The Kier molecular flexibility index (Phi) is 5.43. The highest BCUT2D eigenvalue weighted by molar-refractivity contribution is 7.88. The minimum Gasteiger partial charge on any atom is -0.399 e. The summed E-state index contributed by atoms with van der Waals surface area (Å²) in [6.07, 6.45) is 7.85. The highest BCUT2D eigenvalue weighted by atomic mass is 32.2. The summed E-state index contributed by atoms with van der Waals surface area (Å²) in [6.45, 7) is 0. The van der Waals surface area contributed by atoms with Crippen molar-refractivity contribution in [2.24, 2.45) is 0 Å². The zero-order valence-corrected chi connectivity index (χ0v) is 12.7. The molecule has 1 saturated carbocycles. The first kappa shape index (κ1) is 15.3. The molecule has 3 N–H and O–H groups in total. The number of anilines is 1. The van der Waals surface area contributed by atoms with E-state index in [2.05, 4.69) is 4.72 Å². The molecule has 0 heterocycles. The quantitative estimate of drug-likeness (QED) is 0.839. The molecule has 112 valence electrons. The fraction of sp³-hybridized carbons (Fsp3) is 0.600. The van der Waals surface area contributed by atoms with Crippen molar-refractivity contribution in [3.8, 4) is 0 Å². The van der Waals surface area contributed by atoms with Crippen molar-refractivity contribution >= 4 is 15.7 Å². The van der Waals surface area contributed by atoms with Crippen LogP contribution in [-0.4, -0.2) is 14.5 Å². The van der Waals surface area contributed by atoms with Gasteiger partial charge in [-0.15, -0.1) is 0 Å². The number of sulfonamides is 1. The predicted octanol–water partition coefficient (Wildman–Crippen LogP) is 2.80. The van der Waals surface area contributed by atoms with Gasteiger partial charge in [0, 0.05) is 11.7 Å². The van der Waals surface area contributed by atoms with Crippen molar-refractivity contribution in [1.29, 1.82) is 0 Å². The molecule has 0 atom stereocenters. The van der Waals surface area contributed by atoms with Gasteiger partial charge < -0.3 is 5.73 Å². The zero-order chi connectivity index (χ0) is 14.4. The second-order valence-corrected chi connectivity index (χ2v) is 7.42. The van der Waals surface area contributed by atoms with Gasteiger partial charge in [-0.05, 0) is 30.5 Å². The molecule has 5 heteroatoms. The van der Waals surface area contributed by atoms with Crippen LogP contribution in [0.3, 0.4) is 0 Å². The first-order chi connectivity index (χ1) is 9.55. The molecule has 0 amide bonds. The van der Waals surface area contributed by atoms with E-state index in [9.17, 15) is 8.42 Å². The predicted molar refractivity (Wildman–Crippen MR) is 82.7 cm³/mol. The lowest BCUT2D eigenvalue weighted by molar-refractivity contribution is 0.426. The van der Waals surface area contributed by atoms with Crippen LogP contribution >= 0.6 is 0 Å². The first-order valence-electron chi connectivity index (χ1n) is 7.39. The lowest BCUT2D eigenvalue weighted by Gasteiger charge is -2.21. The molecule has 4 nitrogen and oxygen atoms in total. The van der Waals surface area contributed by atoms with E-state index in [1.165, 1.54) is 19.3 Å². The zero-order valence-electron chi connectivity index (χ0n) is 11.8.